The monoisotopic (exact) mass is 729 g/mol. The molecule has 0 unspecified atom stereocenters. The Morgan fingerprint density at radius 3 is 2.50 bits per heavy atom. The number of rotatable bonds is 13. The van der Waals surface area contributed by atoms with Gasteiger partial charge in [-0.05, 0) is 85.2 Å². The molecule has 0 radical (unpaired) electrons. The van der Waals surface area contributed by atoms with E-state index in [1.807, 2.05) is 15.8 Å². The Bertz CT molecular complexity index is 2120. The first kappa shape index (κ1) is 37.2. The van der Waals surface area contributed by atoms with Crippen LogP contribution in [0.4, 0.5) is 5.69 Å². The number of primary amides is 1. The maximum absolute atomic E-state index is 14.6. The lowest BCUT2D eigenvalue weighted by Crippen LogP contribution is -2.42. The van der Waals surface area contributed by atoms with Crippen LogP contribution in [0.25, 0.3) is 22.2 Å². The molecule has 3 aromatic heterocycles. The molecular formula is C42H51N9O3. The number of anilines is 1. The van der Waals surface area contributed by atoms with Crippen LogP contribution in [0.5, 0.6) is 0 Å². The molecule has 4 N–H and O–H groups in total. The van der Waals surface area contributed by atoms with Crippen molar-refractivity contribution >= 4 is 28.5 Å². The second-order valence-corrected chi connectivity index (χ2v) is 14.3. The van der Waals surface area contributed by atoms with Crippen molar-refractivity contribution < 1.29 is 14.3 Å². The molecule has 0 saturated carbocycles. The fourth-order valence-electron chi connectivity index (χ4n) is 7.59. The van der Waals surface area contributed by atoms with Crippen molar-refractivity contribution in [3.05, 3.63) is 106 Å². The van der Waals surface area contributed by atoms with E-state index >= 15 is 0 Å². The summed E-state index contributed by atoms with van der Waals surface area (Å²) in [6, 6.07) is 20.2. The number of benzene rings is 2. The third kappa shape index (κ3) is 8.30. The Balaban J connectivity index is 1.28. The minimum atomic E-state index is -0.683. The Morgan fingerprint density at radius 1 is 0.963 bits per heavy atom. The van der Waals surface area contributed by atoms with Gasteiger partial charge in [-0.25, -0.2) is 14.6 Å². The van der Waals surface area contributed by atoms with Crippen molar-refractivity contribution in [1.29, 1.82) is 0 Å². The number of aryl methyl sites for hydroxylation is 3. The summed E-state index contributed by atoms with van der Waals surface area (Å²) in [5, 5.41) is 12.9. The number of aromatic nitrogens is 4. The third-order valence-electron chi connectivity index (χ3n) is 10.6. The van der Waals surface area contributed by atoms with Crippen LogP contribution < -0.4 is 16.4 Å². The SMILES string of the molecule is CCc1nc2c(cnn2CC)c(NC2CCOCC2)c1CN(Cc1ccc(C)c(-c2cccc(CN3CCNCC3)c2)c1)C(=O)c1cccc(C(N)=O)n1. The van der Waals surface area contributed by atoms with Crippen LogP contribution in [-0.2, 0) is 37.3 Å². The van der Waals surface area contributed by atoms with Gasteiger partial charge in [0.1, 0.15) is 11.4 Å². The van der Waals surface area contributed by atoms with E-state index in [4.69, 9.17) is 15.5 Å². The Morgan fingerprint density at radius 2 is 1.74 bits per heavy atom. The summed E-state index contributed by atoms with van der Waals surface area (Å²) in [6.45, 7) is 13.9. The Kier molecular flexibility index (Phi) is 11.6. The number of fused-ring (bicyclic) bond motifs is 1. The number of ether oxygens (including phenoxy) is 1. The first-order chi connectivity index (χ1) is 26.3. The average Bonchev–Trinajstić information content (AvgIpc) is 3.62. The summed E-state index contributed by atoms with van der Waals surface area (Å²) < 4.78 is 7.60. The Labute approximate surface area is 317 Å². The molecule has 0 bridgehead atoms. The minimum absolute atomic E-state index is 0.0466. The van der Waals surface area contributed by atoms with E-state index in [1.54, 1.807) is 12.1 Å². The highest BCUT2D eigenvalue weighted by molar-refractivity contribution is 5.96. The van der Waals surface area contributed by atoms with Gasteiger partial charge in [0, 0.05) is 76.3 Å². The zero-order valence-electron chi connectivity index (χ0n) is 31.6. The molecule has 7 rings (SSSR count). The zero-order valence-corrected chi connectivity index (χ0v) is 31.6. The standard InChI is InChI=1S/C42H51N9O3/c1-4-36-35(39(46-32-14-20-54-21-15-32)34-24-45-51(5-2)41(34)48-36)27-50(42(53)38-11-7-10-37(47-38)40(43)52)26-30-13-12-28(3)33(23-30)31-9-6-8-29(22-31)25-49-18-16-44-17-19-49/h6-13,22-24,32,44H,4-5,14-21,25-27H2,1-3H3,(H2,43,52)(H,46,48). The number of nitrogens with one attached hydrogen (secondary N) is 2. The molecular weight excluding hydrogens is 679 g/mol. The van der Waals surface area contributed by atoms with Crippen LogP contribution in [0.3, 0.4) is 0 Å². The van der Waals surface area contributed by atoms with Crippen molar-refractivity contribution in [2.75, 3.05) is 44.7 Å². The van der Waals surface area contributed by atoms with Gasteiger partial charge in [0.05, 0.1) is 23.8 Å². The fraction of sp³-hybridized carbons (Fsp3) is 0.405. The van der Waals surface area contributed by atoms with Gasteiger partial charge < -0.3 is 26.0 Å². The highest BCUT2D eigenvalue weighted by atomic mass is 16.5. The molecule has 2 aliphatic heterocycles. The van der Waals surface area contributed by atoms with E-state index in [0.717, 1.165) is 95.8 Å². The summed E-state index contributed by atoms with van der Waals surface area (Å²) in [4.78, 5) is 40.6. The molecule has 2 aliphatic rings. The van der Waals surface area contributed by atoms with E-state index in [1.165, 1.54) is 11.6 Å². The molecule has 0 spiro atoms. The number of carbonyl (C=O) groups excluding carboxylic acids is 2. The third-order valence-corrected chi connectivity index (χ3v) is 10.6. The molecule has 12 nitrogen and oxygen atoms in total. The topological polar surface area (TPSA) is 144 Å². The van der Waals surface area contributed by atoms with Crippen LogP contribution in [0.15, 0.2) is 66.9 Å². The first-order valence-electron chi connectivity index (χ1n) is 19.2. The number of piperazine rings is 1. The molecule has 2 fully saturated rings. The lowest BCUT2D eigenvalue weighted by Gasteiger charge is -2.29. The largest absolute Gasteiger partial charge is 0.381 e. The highest BCUT2D eigenvalue weighted by Crippen LogP contribution is 2.34. The van der Waals surface area contributed by atoms with E-state index in [2.05, 4.69) is 88.9 Å². The molecule has 5 aromatic rings. The van der Waals surface area contributed by atoms with Crippen LogP contribution >= 0.6 is 0 Å². The fourth-order valence-corrected chi connectivity index (χ4v) is 7.59. The lowest BCUT2D eigenvalue weighted by atomic mass is 9.96. The van der Waals surface area contributed by atoms with Gasteiger partial charge in [-0.3, -0.25) is 14.5 Å². The number of pyridine rings is 2. The highest BCUT2D eigenvalue weighted by Gasteiger charge is 2.26. The first-order valence-corrected chi connectivity index (χ1v) is 19.2. The van der Waals surface area contributed by atoms with Gasteiger partial charge in [0.2, 0.25) is 0 Å². The van der Waals surface area contributed by atoms with Gasteiger partial charge >= 0.3 is 0 Å². The number of hydrogen-bond donors (Lipinski definition) is 3. The summed E-state index contributed by atoms with van der Waals surface area (Å²) >= 11 is 0. The van der Waals surface area contributed by atoms with E-state index < -0.39 is 5.91 Å². The van der Waals surface area contributed by atoms with E-state index in [-0.39, 0.29) is 29.9 Å². The summed E-state index contributed by atoms with van der Waals surface area (Å²) in [7, 11) is 0. The number of nitrogens with zero attached hydrogens (tertiary/aromatic N) is 6. The normalized spacial score (nSPS) is 15.4. The number of nitrogens with two attached hydrogens (primary N) is 1. The van der Waals surface area contributed by atoms with Gasteiger partial charge in [-0.15, -0.1) is 0 Å². The average molecular weight is 730 g/mol. The summed E-state index contributed by atoms with van der Waals surface area (Å²) in [5.74, 6) is -0.987. The van der Waals surface area contributed by atoms with Gasteiger partial charge in [0.25, 0.3) is 11.8 Å². The smallest absolute Gasteiger partial charge is 0.273 e. The zero-order chi connectivity index (χ0) is 37.6. The second-order valence-electron chi connectivity index (χ2n) is 14.3. The second kappa shape index (κ2) is 16.9. The van der Waals surface area contributed by atoms with Crippen molar-refractivity contribution in [2.24, 2.45) is 5.73 Å². The molecule has 54 heavy (non-hydrogen) atoms. The maximum atomic E-state index is 14.6. The van der Waals surface area contributed by atoms with E-state index in [0.29, 0.717) is 32.7 Å². The maximum Gasteiger partial charge on any atom is 0.273 e. The van der Waals surface area contributed by atoms with Crippen molar-refractivity contribution in [3.8, 4) is 11.1 Å². The van der Waals surface area contributed by atoms with Crippen LogP contribution in [0.1, 0.15) is 75.6 Å². The summed E-state index contributed by atoms with van der Waals surface area (Å²) in [5.41, 5.74) is 15.1. The predicted octanol–water partition coefficient (Wildman–Crippen LogP) is 5.32. The molecule has 0 atom stereocenters. The molecule has 2 saturated heterocycles. The molecule has 12 heteroatoms. The minimum Gasteiger partial charge on any atom is -0.381 e. The molecule has 2 amide bonds. The van der Waals surface area contributed by atoms with Crippen molar-refractivity contribution in [2.45, 2.75) is 72.3 Å². The van der Waals surface area contributed by atoms with Gasteiger partial charge in [0.15, 0.2) is 5.65 Å². The molecule has 5 heterocycles. The van der Waals surface area contributed by atoms with Crippen LogP contribution in [-0.4, -0.2) is 86.8 Å². The van der Waals surface area contributed by atoms with Gasteiger partial charge in [-0.1, -0.05) is 43.3 Å². The molecule has 282 valence electrons. The molecule has 0 aliphatic carbocycles. The van der Waals surface area contributed by atoms with Crippen molar-refractivity contribution in [3.63, 3.8) is 0 Å². The summed E-state index contributed by atoms with van der Waals surface area (Å²) in [6.07, 6.45) is 4.30. The van der Waals surface area contributed by atoms with Crippen LogP contribution in [0, 0.1) is 6.92 Å². The van der Waals surface area contributed by atoms with Gasteiger partial charge in [-0.2, -0.15) is 5.10 Å². The van der Waals surface area contributed by atoms with Crippen LogP contribution in [0.2, 0.25) is 0 Å². The number of hydrogen-bond acceptors (Lipinski definition) is 9. The predicted molar refractivity (Wildman–Crippen MR) is 211 cm³/mol. The number of carbonyl (C=O) groups is 2. The quantitative estimate of drug-likeness (QED) is 0.147. The Hall–Kier alpha value is -5.17. The van der Waals surface area contributed by atoms with E-state index in [9.17, 15) is 9.59 Å². The van der Waals surface area contributed by atoms with Crippen molar-refractivity contribution in [1.82, 2.24) is 34.9 Å². The molecule has 2 aromatic carbocycles. The lowest BCUT2D eigenvalue weighted by molar-refractivity contribution is 0.0723. The number of amides is 2.